The highest BCUT2D eigenvalue weighted by Crippen LogP contribution is 2.29. The second-order valence-electron chi connectivity index (χ2n) is 6.04. The molecule has 0 spiro atoms. The van der Waals surface area contributed by atoms with Gasteiger partial charge in [0.15, 0.2) is 5.78 Å². The van der Waals surface area contributed by atoms with Crippen molar-refractivity contribution >= 4 is 17.5 Å². The molecule has 0 aliphatic heterocycles. The highest BCUT2D eigenvalue weighted by Gasteiger charge is 2.15. The lowest BCUT2D eigenvalue weighted by atomic mass is 9.96. The average molecular weight is 369 g/mol. The van der Waals surface area contributed by atoms with Crippen molar-refractivity contribution in [1.82, 2.24) is 0 Å². The Morgan fingerprint density at radius 1 is 1.04 bits per heavy atom. The lowest BCUT2D eigenvalue weighted by molar-refractivity contribution is 0.103. The van der Waals surface area contributed by atoms with E-state index >= 15 is 0 Å². The van der Waals surface area contributed by atoms with Crippen molar-refractivity contribution in [3.63, 3.8) is 0 Å². The first-order chi connectivity index (χ1) is 13.0. The minimum absolute atomic E-state index is 0.0588. The van der Waals surface area contributed by atoms with E-state index < -0.39 is 0 Å². The van der Waals surface area contributed by atoms with Gasteiger partial charge < -0.3 is 19.9 Å². The Morgan fingerprint density at radius 2 is 1.78 bits per heavy atom. The molecule has 0 unspecified atom stereocenters. The van der Waals surface area contributed by atoms with Crippen LogP contribution in [0.3, 0.4) is 0 Å². The summed E-state index contributed by atoms with van der Waals surface area (Å²) in [4.78, 5) is 13.1. The molecule has 2 aromatic carbocycles. The van der Waals surface area contributed by atoms with E-state index in [0.29, 0.717) is 47.1 Å². The summed E-state index contributed by atoms with van der Waals surface area (Å²) in [6.45, 7) is 4.45. The molecule has 0 amide bonds. The summed E-state index contributed by atoms with van der Waals surface area (Å²) in [6.07, 6.45) is 3.35. The van der Waals surface area contributed by atoms with Crippen LogP contribution in [0.2, 0.25) is 0 Å². The van der Waals surface area contributed by atoms with Gasteiger partial charge in [-0.3, -0.25) is 4.79 Å². The average Bonchev–Trinajstić information content (AvgIpc) is 2.68. The number of carbonyl (C=O) groups is 1. The van der Waals surface area contributed by atoms with Gasteiger partial charge >= 0.3 is 0 Å². The molecular formula is C22H27NO4. The Morgan fingerprint density at radius 3 is 2.37 bits per heavy atom. The third-order valence-corrected chi connectivity index (χ3v) is 4.15. The summed E-state index contributed by atoms with van der Waals surface area (Å²) in [5, 5.41) is 0. The Balaban J connectivity index is 2.43. The third kappa shape index (κ3) is 5.03. The van der Waals surface area contributed by atoms with Gasteiger partial charge in [-0.05, 0) is 55.8 Å². The Labute approximate surface area is 160 Å². The molecule has 2 aromatic rings. The van der Waals surface area contributed by atoms with Crippen LogP contribution in [0, 0.1) is 0 Å². The Kier molecular flexibility index (Phi) is 7.29. The molecule has 0 atom stereocenters. The highest BCUT2D eigenvalue weighted by molar-refractivity contribution is 6.12. The topological polar surface area (TPSA) is 70.8 Å². The fourth-order valence-corrected chi connectivity index (χ4v) is 2.82. The summed E-state index contributed by atoms with van der Waals surface area (Å²) in [6, 6.07) is 10.7. The van der Waals surface area contributed by atoms with Crippen LogP contribution < -0.4 is 19.9 Å². The van der Waals surface area contributed by atoms with Gasteiger partial charge in [0.25, 0.3) is 0 Å². The first kappa shape index (κ1) is 20.4. The number of nitrogens with two attached hydrogens (primary N) is 1. The largest absolute Gasteiger partial charge is 0.497 e. The first-order valence-corrected chi connectivity index (χ1v) is 9.03. The van der Waals surface area contributed by atoms with E-state index in [2.05, 4.69) is 0 Å². The molecule has 27 heavy (non-hydrogen) atoms. The number of hydrogen-bond acceptors (Lipinski definition) is 5. The van der Waals surface area contributed by atoms with E-state index in [4.69, 9.17) is 19.9 Å². The van der Waals surface area contributed by atoms with E-state index in [1.807, 2.05) is 38.1 Å². The van der Waals surface area contributed by atoms with E-state index in [0.717, 1.165) is 12.0 Å². The highest BCUT2D eigenvalue weighted by atomic mass is 16.5. The maximum atomic E-state index is 13.1. The predicted molar refractivity (Wildman–Crippen MR) is 109 cm³/mol. The second-order valence-corrected chi connectivity index (χ2v) is 6.04. The number of carbonyl (C=O) groups excluding carboxylic acids is 1. The molecule has 0 fully saturated rings. The van der Waals surface area contributed by atoms with E-state index in [1.54, 1.807) is 32.4 Å². The molecule has 2 rings (SSSR count). The number of rotatable bonds is 9. The van der Waals surface area contributed by atoms with Crippen LogP contribution in [-0.4, -0.2) is 26.6 Å². The minimum Gasteiger partial charge on any atom is -0.497 e. The molecule has 5 heteroatoms. The van der Waals surface area contributed by atoms with Crippen LogP contribution in [0.4, 0.5) is 5.69 Å². The summed E-state index contributed by atoms with van der Waals surface area (Å²) in [5.74, 6) is 1.92. The van der Waals surface area contributed by atoms with Gasteiger partial charge in [0, 0.05) is 16.7 Å². The van der Waals surface area contributed by atoms with E-state index in [-0.39, 0.29) is 5.78 Å². The van der Waals surface area contributed by atoms with Crippen LogP contribution in [0.1, 0.15) is 42.6 Å². The Bertz CT molecular complexity index is 827. The maximum absolute atomic E-state index is 13.1. The maximum Gasteiger partial charge on any atom is 0.189 e. The fourth-order valence-electron chi connectivity index (χ4n) is 2.82. The zero-order valence-corrected chi connectivity index (χ0v) is 16.4. The number of methoxy groups -OCH3 is 2. The van der Waals surface area contributed by atoms with Gasteiger partial charge in [0.1, 0.15) is 17.2 Å². The molecule has 2 N–H and O–H groups in total. The van der Waals surface area contributed by atoms with Crippen molar-refractivity contribution in [3.8, 4) is 17.2 Å². The van der Waals surface area contributed by atoms with Crippen molar-refractivity contribution in [1.29, 1.82) is 0 Å². The smallest absolute Gasteiger partial charge is 0.189 e. The van der Waals surface area contributed by atoms with Crippen molar-refractivity contribution < 1.29 is 19.0 Å². The molecule has 0 saturated carbocycles. The third-order valence-electron chi connectivity index (χ3n) is 4.15. The molecule has 144 valence electrons. The zero-order chi connectivity index (χ0) is 19.8. The fraction of sp³-hybridized carbons (Fsp3) is 0.318. The molecule has 0 aliphatic carbocycles. The summed E-state index contributed by atoms with van der Waals surface area (Å²) in [5.41, 5.74) is 8.50. The van der Waals surface area contributed by atoms with Crippen molar-refractivity contribution in [3.05, 3.63) is 53.1 Å². The number of ether oxygens (including phenoxy) is 3. The SMILES string of the molecule is CCC/C(=C\c1cc(OC)ccc1OC)C(=O)c1ccc(OCC)c(N)c1. The molecule has 0 heterocycles. The first-order valence-electron chi connectivity index (χ1n) is 9.03. The van der Waals surface area contributed by atoms with Crippen LogP contribution in [0.5, 0.6) is 17.2 Å². The van der Waals surface area contributed by atoms with Crippen LogP contribution in [0.25, 0.3) is 6.08 Å². The molecule has 0 radical (unpaired) electrons. The summed E-state index contributed by atoms with van der Waals surface area (Å²) in [7, 11) is 3.21. The lowest BCUT2D eigenvalue weighted by Crippen LogP contribution is -2.06. The van der Waals surface area contributed by atoms with Gasteiger partial charge in [-0.1, -0.05) is 13.3 Å². The lowest BCUT2D eigenvalue weighted by Gasteiger charge is -2.12. The number of benzene rings is 2. The van der Waals surface area contributed by atoms with Crippen molar-refractivity contribution in [2.24, 2.45) is 0 Å². The summed E-state index contributed by atoms with van der Waals surface area (Å²) < 4.78 is 16.2. The van der Waals surface area contributed by atoms with Crippen molar-refractivity contribution in [2.45, 2.75) is 26.7 Å². The molecule has 0 aliphatic rings. The standard InChI is InChI=1S/C22H27NO4/c1-5-7-15(12-17-13-18(25-3)9-11-20(17)26-4)22(24)16-8-10-21(27-6-2)19(23)14-16/h8-14H,5-7,23H2,1-4H3/b15-12+. The number of Topliss-reactive ketones (excluding diaryl/α,β-unsaturated/α-hetero) is 1. The molecule has 0 aromatic heterocycles. The number of anilines is 1. The van der Waals surface area contributed by atoms with Crippen LogP contribution in [-0.2, 0) is 0 Å². The van der Waals surface area contributed by atoms with Gasteiger partial charge in [-0.15, -0.1) is 0 Å². The monoisotopic (exact) mass is 369 g/mol. The zero-order valence-electron chi connectivity index (χ0n) is 16.4. The minimum atomic E-state index is -0.0588. The predicted octanol–water partition coefficient (Wildman–Crippen LogP) is 4.75. The normalized spacial score (nSPS) is 11.2. The van der Waals surface area contributed by atoms with E-state index in [9.17, 15) is 4.79 Å². The number of ketones is 1. The second kappa shape index (κ2) is 9.67. The van der Waals surface area contributed by atoms with Gasteiger partial charge in [-0.2, -0.15) is 0 Å². The van der Waals surface area contributed by atoms with Crippen LogP contribution >= 0.6 is 0 Å². The van der Waals surface area contributed by atoms with Crippen LogP contribution in [0.15, 0.2) is 42.0 Å². The molecule has 0 saturated heterocycles. The quantitative estimate of drug-likeness (QED) is 0.392. The molecule has 0 bridgehead atoms. The van der Waals surface area contributed by atoms with Gasteiger partial charge in [0.05, 0.1) is 26.5 Å². The molecular weight excluding hydrogens is 342 g/mol. The summed E-state index contributed by atoms with van der Waals surface area (Å²) >= 11 is 0. The number of nitrogen functional groups attached to an aromatic ring is 1. The van der Waals surface area contributed by atoms with E-state index in [1.165, 1.54) is 0 Å². The number of allylic oxidation sites excluding steroid dienone is 1. The van der Waals surface area contributed by atoms with Gasteiger partial charge in [-0.25, -0.2) is 0 Å². The Hall–Kier alpha value is -2.95. The van der Waals surface area contributed by atoms with Gasteiger partial charge in [0.2, 0.25) is 0 Å². The van der Waals surface area contributed by atoms with Crippen molar-refractivity contribution in [2.75, 3.05) is 26.6 Å². The number of hydrogen-bond donors (Lipinski definition) is 1. The molecule has 5 nitrogen and oxygen atoms in total.